The van der Waals surface area contributed by atoms with Gasteiger partial charge < -0.3 is 20.1 Å². The van der Waals surface area contributed by atoms with Crippen molar-refractivity contribution in [2.24, 2.45) is 5.92 Å². The number of allylic oxidation sites excluding steroid dienone is 1. The van der Waals surface area contributed by atoms with Crippen LogP contribution in [0.4, 0.5) is 5.69 Å². The van der Waals surface area contributed by atoms with Gasteiger partial charge in [0.25, 0.3) is 11.8 Å². The number of hydrogen-bond donors (Lipinski definition) is 2. The number of aryl methyl sites for hydroxylation is 1. The normalized spacial score (nSPS) is 23.1. The molecule has 0 spiro atoms. The van der Waals surface area contributed by atoms with Gasteiger partial charge in [0.1, 0.15) is 24.1 Å². The smallest absolute Gasteiger partial charge is 0.262 e. The van der Waals surface area contributed by atoms with Crippen LogP contribution < -0.4 is 15.0 Å². The molecule has 10 heteroatoms. The molecular weight excluding hydrogens is 703 g/mol. The molecule has 4 aliphatic heterocycles. The van der Waals surface area contributed by atoms with Crippen molar-refractivity contribution in [1.29, 1.82) is 0 Å². The lowest BCUT2D eigenvalue weighted by atomic mass is 9.69. The number of phenolic OH excluding ortho intramolecular Hbond substituents is 1. The number of piperidine rings is 1. The van der Waals surface area contributed by atoms with Crippen LogP contribution in [0.15, 0.2) is 103 Å². The quantitative estimate of drug-likeness (QED) is 0.197. The van der Waals surface area contributed by atoms with Gasteiger partial charge in [-0.1, -0.05) is 55.1 Å². The van der Waals surface area contributed by atoms with Crippen LogP contribution in [-0.4, -0.2) is 103 Å². The predicted octanol–water partition coefficient (Wildman–Crippen LogP) is 5.78. The number of anilines is 1. The summed E-state index contributed by atoms with van der Waals surface area (Å²) in [5.41, 5.74) is 7.47. The minimum Gasteiger partial charge on any atom is -0.508 e. The van der Waals surface area contributed by atoms with E-state index in [1.165, 1.54) is 22.3 Å². The average molecular weight is 752 g/mol. The molecule has 0 aromatic heterocycles. The Morgan fingerprint density at radius 3 is 2.30 bits per heavy atom. The molecule has 1 unspecified atom stereocenters. The summed E-state index contributed by atoms with van der Waals surface area (Å²) in [4.78, 5) is 47.5. The van der Waals surface area contributed by atoms with Gasteiger partial charge in [-0.15, -0.1) is 0 Å². The first-order valence-corrected chi connectivity index (χ1v) is 20.1. The third-order valence-electron chi connectivity index (χ3n) is 12.6. The first-order chi connectivity index (χ1) is 27.3. The van der Waals surface area contributed by atoms with Crippen molar-refractivity contribution >= 4 is 23.4 Å². The SMILES string of the molecule is C=C1CCC(N2C(=O)c3ccc(N4CCN(CC5CN(CCOc6ccc([C@H]7c8ccc(O)cc8CC[C@H]7c7ccccc7)cc6)C5)CC4)cc3C2=O)C(=O)N1. The predicted molar refractivity (Wildman–Crippen MR) is 215 cm³/mol. The van der Waals surface area contributed by atoms with Crippen LogP contribution in [-0.2, 0) is 11.2 Å². The average Bonchev–Trinajstić information content (AvgIpc) is 3.45. The Hall–Kier alpha value is -5.45. The number of ether oxygens (including phenoxy) is 1. The van der Waals surface area contributed by atoms with Gasteiger partial charge in [-0.25, -0.2) is 0 Å². The summed E-state index contributed by atoms with van der Waals surface area (Å²) in [5.74, 6) is 1.33. The summed E-state index contributed by atoms with van der Waals surface area (Å²) in [5, 5.41) is 12.9. The molecule has 3 fully saturated rings. The van der Waals surface area contributed by atoms with Crippen LogP contribution in [0.1, 0.15) is 74.1 Å². The molecule has 56 heavy (non-hydrogen) atoms. The van der Waals surface area contributed by atoms with E-state index in [0.29, 0.717) is 53.9 Å². The van der Waals surface area contributed by atoms with Crippen LogP contribution in [0.5, 0.6) is 11.5 Å². The second-order valence-electron chi connectivity index (χ2n) is 16.1. The van der Waals surface area contributed by atoms with Crippen LogP contribution in [0.3, 0.4) is 0 Å². The Bertz CT molecular complexity index is 2140. The monoisotopic (exact) mass is 751 g/mol. The molecule has 1 aliphatic carbocycles. The summed E-state index contributed by atoms with van der Waals surface area (Å²) >= 11 is 0. The fourth-order valence-corrected chi connectivity index (χ4v) is 9.61. The number of carbonyl (C=O) groups excluding carboxylic acids is 3. The molecule has 10 nitrogen and oxygen atoms in total. The largest absolute Gasteiger partial charge is 0.508 e. The summed E-state index contributed by atoms with van der Waals surface area (Å²) < 4.78 is 6.22. The van der Waals surface area contributed by atoms with E-state index in [1.54, 1.807) is 6.07 Å². The van der Waals surface area contributed by atoms with E-state index >= 15 is 0 Å². The molecule has 3 amide bonds. The zero-order chi connectivity index (χ0) is 38.3. The lowest BCUT2D eigenvalue weighted by molar-refractivity contribution is -0.125. The topological polar surface area (TPSA) is 106 Å². The van der Waals surface area contributed by atoms with Crippen LogP contribution in [0.25, 0.3) is 0 Å². The standard InChI is InChI=1S/C46H49N5O5/c1-30-7-18-42(44(53)47-30)51-45(54)40-16-11-35(26-41(40)46(51)55)50-21-19-48(20-22-50)27-31-28-49(29-31)23-24-56-37-13-8-33(9-14-37)43-38(32-5-3-2-4-6-32)15-10-34-25-36(52)12-17-39(34)43/h2-6,8-9,11-14,16-17,25-26,31,38,42-43,52H,1,7,10,15,18-24,27-29H2,(H,47,53)/t38-,42?,43+/m0/s1. The number of likely N-dealkylation sites (tertiary alicyclic amines) is 1. The van der Waals surface area contributed by atoms with E-state index < -0.39 is 17.9 Å². The third kappa shape index (κ3) is 7.08. The highest BCUT2D eigenvalue weighted by atomic mass is 16.5. The molecule has 5 aliphatic rings. The highest BCUT2D eigenvalue weighted by Gasteiger charge is 2.44. The lowest BCUT2D eigenvalue weighted by Crippen LogP contribution is -2.55. The number of phenols is 1. The number of nitrogens with one attached hydrogen (secondary N) is 1. The fourth-order valence-electron chi connectivity index (χ4n) is 9.61. The van der Waals surface area contributed by atoms with Crippen molar-refractivity contribution < 1.29 is 24.2 Å². The zero-order valence-electron chi connectivity index (χ0n) is 31.7. The summed E-state index contributed by atoms with van der Waals surface area (Å²) in [6, 6.07) is 30.0. The molecular formula is C46H49N5O5. The Labute approximate surface area is 328 Å². The number of hydrogen-bond acceptors (Lipinski definition) is 8. The molecule has 0 saturated carbocycles. The Morgan fingerprint density at radius 1 is 0.768 bits per heavy atom. The number of rotatable bonds is 10. The highest BCUT2D eigenvalue weighted by molar-refractivity contribution is 6.23. The Kier molecular flexibility index (Phi) is 9.85. The Morgan fingerprint density at radius 2 is 1.54 bits per heavy atom. The number of imide groups is 1. The van der Waals surface area contributed by atoms with Gasteiger partial charge in [-0.05, 0) is 102 Å². The van der Waals surface area contributed by atoms with Gasteiger partial charge in [0.2, 0.25) is 5.91 Å². The molecule has 0 bridgehead atoms. The minimum absolute atomic E-state index is 0.222. The number of carbonyl (C=O) groups is 3. The number of piperazine rings is 1. The maximum Gasteiger partial charge on any atom is 0.262 e. The minimum atomic E-state index is -0.800. The first-order valence-electron chi connectivity index (χ1n) is 20.1. The maximum atomic E-state index is 13.4. The van der Waals surface area contributed by atoms with E-state index in [0.717, 1.165) is 81.5 Å². The van der Waals surface area contributed by atoms with Crippen LogP contribution in [0, 0.1) is 5.92 Å². The third-order valence-corrected chi connectivity index (χ3v) is 12.6. The van der Waals surface area contributed by atoms with Gasteiger partial charge in [-0.2, -0.15) is 0 Å². The molecule has 4 heterocycles. The van der Waals surface area contributed by atoms with Crippen molar-refractivity contribution in [3.8, 4) is 11.5 Å². The van der Waals surface area contributed by atoms with E-state index in [1.807, 2.05) is 24.3 Å². The maximum absolute atomic E-state index is 13.4. The van der Waals surface area contributed by atoms with Crippen molar-refractivity contribution in [3.63, 3.8) is 0 Å². The second-order valence-corrected chi connectivity index (χ2v) is 16.1. The second kappa shape index (κ2) is 15.2. The molecule has 0 radical (unpaired) electrons. The molecule has 9 rings (SSSR count). The first kappa shape index (κ1) is 36.2. The van der Waals surface area contributed by atoms with Crippen molar-refractivity contribution in [3.05, 3.63) is 137 Å². The van der Waals surface area contributed by atoms with Crippen molar-refractivity contribution in [2.45, 2.75) is 43.6 Å². The van der Waals surface area contributed by atoms with Gasteiger partial charge in [0.05, 0.1) is 11.1 Å². The van der Waals surface area contributed by atoms with Crippen molar-refractivity contribution in [2.75, 3.05) is 63.9 Å². The van der Waals surface area contributed by atoms with Gasteiger partial charge in [0.15, 0.2) is 0 Å². The molecule has 3 atom stereocenters. The summed E-state index contributed by atoms with van der Waals surface area (Å²) in [6.45, 7) is 12.2. The number of amides is 3. The lowest BCUT2D eigenvalue weighted by Gasteiger charge is -2.44. The van der Waals surface area contributed by atoms with E-state index in [-0.39, 0.29) is 11.8 Å². The highest BCUT2D eigenvalue weighted by Crippen LogP contribution is 2.47. The molecule has 2 N–H and O–H groups in total. The van der Waals surface area contributed by atoms with E-state index in [2.05, 4.69) is 87.3 Å². The Balaban J connectivity index is 0.726. The number of benzene rings is 4. The summed E-state index contributed by atoms with van der Waals surface area (Å²) in [6.07, 6.45) is 2.94. The molecule has 288 valence electrons. The van der Waals surface area contributed by atoms with Crippen LogP contribution in [0.2, 0.25) is 0 Å². The number of fused-ring (bicyclic) bond motifs is 2. The van der Waals surface area contributed by atoms with E-state index in [4.69, 9.17) is 4.74 Å². The van der Waals surface area contributed by atoms with Crippen LogP contribution >= 0.6 is 0 Å². The molecule has 4 aromatic carbocycles. The number of nitrogens with zero attached hydrogens (tertiary/aromatic N) is 4. The number of aromatic hydroxyl groups is 1. The van der Waals surface area contributed by atoms with Gasteiger partial charge in [0, 0.05) is 69.7 Å². The van der Waals surface area contributed by atoms with Gasteiger partial charge in [-0.3, -0.25) is 29.1 Å². The fraction of sp³-hybridized carbons (Fsp3) is 0.370. The van der Waals surface area contributed by atoms with Crippen molar-refractivity contribution in [1.82, 2.24) is 20.0 Å². The molecule has 4 aromatic rings. The molecule has 3 saturated heterocycles. The summed E-state index contributed by atoms with van der Waals surface area (Å²) in [7, 11) is 0. The zero-order valence-corrected chi connectivity index (χ0v) is 31.7. The van der Waals surface area contributed by atoms with E-state index in [9.17, 15) is 19.5 Å². The van der Waals surface area contributed by atoms with Gasteiger partial charge >= 0.3 is 0 Å².